The van der Waals surface area contributed by atoms with E-state index in [1.807, 2.05) is 30.0 Å². The molecule has 1 unspecified atom stereocenters. The molecular weight excluding hydrogens is 495 g/mol. The number of nitrogens with zero attached hydrogens (tertiary/aromatic N) is 2. The number of rotatable bonds is 6. The minimum atomic E-state index is -3.45. The highest BCUT2D eigenvalue weighted by Crippen LogP contribution is 2.33. The average molecular weight is 526 g/mol. The van der Waals surface area contributed by atoms with Gasteiger partial charge in [-0.05, 0) is 62.2 Å². The molecule has 0 spiro atoms. The van der Waals surface area contributed by atoms with Crippen molar-refractivity contribution in [3.8, 4) is 0 Å². The van der Waals surface area contributed by atoms with E-state index in [-0.39, 0.29) is 22.9 Å². The first-order valence-electron chi connectivity index (χ1n) is 11.5. The van der Waals surface area contributed by atoms with Crippen LogP contribution in [0.5, 0.6) is 0 Å². The molecule has 0 aromatic heterocycles. The standard InChI is InChI=1S/C24H30Cl2N4O3S/c1-16(19-7-5-17(25)14-20(19)26)28-22-15-18(6-8-23(22)34(2,32)33)29-10-12-30(13-11-29)24(31)21-4-3-9-27-21/h5-8,14-16,21,27-28H,3-4,9-13H2,1-2H3/t16?,21-/m1/s1. The van der Waals surface area contributed by atoms with E-state index in [1.54, 1.807) is 18.2 Å². The number of anilines is 2. The van der Waals surface area contributed by atoms with Crippen LogP contribution in [0.15, 0.2) is 41.3 Å². The molecule has 0 radical (unpaired) electrons. The van der Waals surface area contributed by atoms with Crippen LogP contribution in [0.4, 0.5) is 11.4 Å². The predicted octanol–water partition coefficient (Wildman–Crippen LogP) is 3.97. The number of benzene rings is 2. The van der Waals surface area contributed by atoms with Crippen LogP contribution in [0.1, 0.15) is 31.4 Å². The maximum Gasteiger partial charge on any atom is 0.239 e. The van der Waals surface area contributed by atoms with Gasteiger partial charge in [-0.25, -0.2) is 8.42 Å². The lowest BCUT2D eigenvalue weighted by Crippen LogP contribution is -2.53. The first-order chi connectivity index (χ1) is 16.1. The Hall–Kier alpha value is -2.00. The summed E-state index contributed by atoms with van der Waals surface area (Å²) in [6.45, 7) is 5.49. The quantitative estimate of drug-likeness (QED) is 0.594. The van der Waals surface area contributed by atoms with E-state index in [0.29, 0.717) is 41.9 Å². The molecule has 2 aliphatic rings. The fourth-order valence-electron chi connectivity index (χ4n) is 4.62. The Morgan fingerprint density at radius 2 is 1.85 bits per heavy atom. The Labute approximate surface area is 211 Å². The summed E-state index contributed by atoms with van der Waals surface area (Å²) in [5.41, 5.74) is 2.26. The minimum Gasteiger partial charge on any atom is -0.377 e. The van der Waals surface area contributed by atoms with Crippen molar-refractivity contribution in [2.75, 3.05) is 49.2 Å². The van der Waals surface area contributed by atoms with Crippen LogP contribution < -0.4 is 15.5 Å². The highest BCUT2D eigenvalue weighted by molar-refractivity contribution is 7.90. The molecule has 1 amide bonds. The third-order valence-corrected chi connectivity index (χ3v) is 8.20. The first-order valence-corrected chi connectivity index (χ1v) is 14.1. The van der Waals surface area contributed by atoms with Gasteiger partial charge in [-0.1, -0.05) is 29.3 Å². The molecule has 0 saturated carbocycles. The van der Waals surface area contributed by atoms with Crippen molar-refractivity contribution in [3.63, 3.8) is 0 Å². The number of carbonyl (C=O) groups is 1. The number of sulfone groups is 1. The molecule has 2 fully saturated rings. The van der Waals surface area contributed by atoms with Gasteiger partial charge in [0.2, 0.25) is 5.91 Å². The highest BCUT2D eigenvalue weighted by atomic mass is 35.5. The monoisotopic (exact) mass is 524 g/mol. The fraction of sp³-hybridized carbons (Fsp3) is 0.458. The molecule has 2 heterocycles. The lowest BCUT2D eigenvalue weighted by Gasteiger charge is -2.37. The number of amides is 1. The third-order valence-electron chi connectivity index (χ3n) is 6.48. The van der Waals surface area contributed by atoms with Gasteiger partial charge in [0.25, 0.3) is 0 Å². The topological polar surface area (TPSA) is 81.8 Å². The second-order valence-electron chi connectivity index (χ2n) is 8.95. The number of piperazine rings is 1. The highest BCUT2D eigenvalue weighted by Gasteiger charge is 2.29. The second kappa shape index (κ2) is 10.3. The van der Waals surface area contributed by atoms with Crippen molar-refractivity contribution in [2.24, 2.45) is 0 Å². The van der Waals surface area contributed by atoms with Crippen LogP contribution in [-0.4, -0.2) is 64.2 Å². The summed E-state index contributed by atoms with van der Waals surface area (Å²) >= 11 is 12.4. The summed E-state index contributed by atoms with van der Waals surface area (Å²) in [6.07, 6.45) is 3.14. The zero-order valence-corrected chi connectivity index (χ0v) is 21.7. The molecule has 2 aromatic carbocycles. The molecule has 2 aliphatic heterocycles. The molecule has 2 N–H and O–H groups in total. The van der Waals surface area contributed by atoms with E-state index in [9.17, 15) is 13.2 Å². The molecule has 2 saturated heterocycles. The molecule has 0 bridgehead atoms. The molecule has 2 atom stereocenters. The SMILES string of the molecule is CC(Nc1cc(N2CCN(C(=O)[C@H]3CCCN3)CC2)ccc1S(C)(=O)=O)c1ccc(Cl)cc1Cl. The molecule has 184 valence electrons. The van der Waals surface area contributed by atoms with Gasteiger partial charge in [-0.2, -0.15) is 0 Å². The summed E-state index contributed by atoms with van der Waals surface area (Å²) in [5.74, 6) is 0.181. The Morgan fingerprint density at radius 1 is 1.12 bits per heavy atom. The van der Waals surface area contributed by atoms with E-state index in [0.717, 1.165) is 30.6 Å². The van der Waals surface area contributed by atoms with E-state index in [1.165, 1.54) is 6.26 Å². The largest absolute Gasteiger partial charge is 0.377 e. The van der Waals surface area contributed by atoms with Gasteiger partial charge in [0, 0.05) is 48.2 Å². The smallest absolute Gasteiger partial charge is 0.239 e. The molecule has 7 nitrogen and oxygen atoms in total. The first kappa shape index (κ1) is 25.1. The van der Waals surface area contributed by atoms with Gasteiger partial charge in [0.05, 0.1) is 22.7 Å². The fourth-order valence-corrected chi connectivity index (χ4v) is 6.02. The van der Waals surface area contributed by atoms with E-state index in [2.05, 4.69) is 15.5 Å². The lowest BCUT2D eigenvalue weighted by atomic mass is 10.1. The van der Waals surface area contributed by atoms with Crippen LogP contribution in [0.25, 0.3) is 0 Å². The number of hydrogen-bond acceptors (Lipinski definition) is 6. The summed E-state index contributed by atoms with van der Waals surface area (Å²) in [6, 6.07) is 10.3. The van der Waals surface area contributed by atoms with Gasteiger partial charge in [-0.3, -0.25) is 4.79 Å². The molecule has 2 aromatic rings. The molecular formula is C24H30Cl2N4O3S. The Bertz CT molecular complexity index is 1160. The van der Waals surface area contributed by atoms with Crippen LogP contribution in [0.3, 0.4) is 0 Å². The van der Waals surface area contributed by atoms with E-state index < -0.39 is 9.84 Å². The number of carbonyl (C=O) groups excluding carboxylic acids is 1. The number of hydrogen-bond donors (Lipinski definition) is 2. The zero-order chi connectivity index (χ0) is 24.5. The second-order valence-corrected chi connectivity index (χ2v) is 11.8. The Balaban J connectivity index is 1.52. The van der Waals surface area contributed by atoms with Crippen molar-refractivity contribution < 1.29 is 13.2 Å². The number of halogens is 2. The van der Waals surface area contributed by atoms with Crippen LogP contribution in [0, 0.1) is 0 Å². The molecule has 0 aliphatic carbocycles. The zero-order valence-electron chi connectivity index (χ0n) is 19.4. The van der Waals surface area contributed by atoms with Crippen molar-refractivity contribution in [1.82, 2.24) is 10.2 Å². The predicted molar refractivity (Wildman–Crippen MR) is 138 cm³/mol. The molecule has 10 heteroatoms. The van der Waals surface area contributed by atoms with Gasteiger partial charge in [-0.15, -0.1) is 0 Å². The van der Waals surface area contributed by atoms with Crippen LogP contribution in [0.2, 0.25) is 10.0 Å². The Morgan fingerprint density at radius 3 is 2.47 bits per heavy atom. The van der Waals surface area contributed by atoms with E-state index >= 15 is 0 Å². The minimum absolute atomic E-state index is 0.0578. The average Bonchev–Trinajstić information content (AvgIpc) is 3.33. The van der Waals surface area contributed by atoms with Crippen molar-refractivity contribution in [1.29, 1.82) is 0 Å². The normalized spacial score (nSPS) is 19.8. The third kappa shape index (κ3) is 5.62. The van der Waals surface area contributed by atoms with Crippen molar-refractivity contribution in [3.05, 3.63) is 52.0 Å². The van der Waals surface area contributed by atoms with Crippen LogP contribution >= 0.6 is 23.2 Å². The van der Waals surface area contributed by atoms with Crippen LogP contribution in [-0.2, 0) is 14.6 Å². The van der Waals surface area contributed by atoms with Gasteiger partial charge < -0.3 is 20.4 Å². The summed E-state index contributed by atoms with van der Waals surface area (Å²) in [5, 5.41) is 7.67. The van der Waals surface area contributed by atoms with Crippen molar-refractivity contribution >= 4 is 50.3 Å². The van der Waals surface area contributed by atoms with Gasteiger partial charge in [0.1, 0.15) is 0 Å². The summed E-state index contributed by atoms with van der Waals surface area (Å²) < 4.78 is 24.9. The maximum absolute atomic E-state index is 12.7. The summed E-state index contributed by atoms with van der Waals surface area (Å²) in [7, 11) is -3.45. The van der Waals surface area contributed by atoms with E-state index in [4.69, 9.17) is 23.2 Å². The molecule has 4 rings (SSSR count). The maximum atomic E-state index is 12.7. The molecule has 34 heavy (non-hydrogen) atoms. The van der Waals surface area contributed by atoms with Gasteiger partial charge in [0.15, 0.2) is 9.84 Å². The number of nitrogens with one attached hydrogen (secondary N) is 2. The van der Waals surface area contributed by atoms with Crippen molar-refractivity contribution in [2.45, 2.75) is 36.7 Å². The van der Waals surface area contributed by atoms with Gasteiger partial charge >= 0.3 is 0 Å². The Kier molecular flexibility index (Phi) is 7.62. The lowest BCUT2D eigenvalue weighted by molar-refractivity contribution is -0.133. The summed E-state index contributed by atoms with van der Waals surface area (Å²) in [4.78, 5) is 17.0.